The fourth-order valence-corrected chi connectivity index (χ4v) is 2.56. The van der Waals surface area contributed by atoms with E-state index in [0.29, 0.717) is 22.8 Å². The molecule has 3 aromatic rings. The van der Waals surface area contributed by atoms with Gasteiger partial charge in [0.05, 0.1) is 26.1 Å². The third-order valence-electron chi connectivity index (χ3n) is 4.10. The zero-order valence-electron chi connectivity index (χ0n) is 16.6. The SMILES string of the molecule is COc1cccc(/C=N\NC(=O)C(=O)NCc2ccco2)c1OCc1ccc(F)cc1. The lowest BCUT2D eigenvalue weighted by atomic mass is 10.2. The van der Waals surface area contributed by atoms with E-state index in [1.165, 1.54) is 31.7 Å². The Labute approximate surface area is 177 Å². The predicted molar refractivity (Wildman–Crippen MR) is 110 cm³/mol. The second-order valence-corrected chi connectivity index (χ2v) is 6.25. The van der Waals surface area contributed by atoms with Gasteiger partial charge in [0.2, 0.25) is 0 Å². The van der Waals surface area contributed by atoms with E-state index in [-0.39, 0.29) is 19.0 Å². The number of hydrazone groups is 1. The highest BCUT2D eigenvalue weighted by Gasteiger charge is 2.13. The molecule has 31 heavy (non-hydrogen) atoms. The molecule has 0 unspecified atom stereocenters. The zero-order valence-corrected chi connectivity index (χ0v) is 16.6. The van der Waals surface area contributed by atoms with Crippen LogP contribution in [0.15, 0.2) is 70.4 Å². The van der Waals surface area contributed by atoms with Crippen LogP contribution < -0.4 is 20.2 Å². The van der Waals surface area contributed by atoms with Crippen LogP contribution in [0.4, 0.5) is 4.39 Å². The fraction of sp³-hybridized carbons (Fsp3) is 0.136. The summed E-state index contributed by atoms with van der Waals surface area (Å²) in [6.07, 6.45) is 2.80. The van der Waals surface area contributed by atoms with Crippen LogP contribution in [0.5, 0.6) is 11.5 Å². The fourth-order valence-electron chi connectivity index (χ4n) is 2.56. The molecular formula is C22H20FN3O5. The van der Waals surface area contributed by atoms with Crippen molar-refractivity contribution in [1.82, 2.24) is 10.7 Å². The molecule has 0 aliphatic heterocycles. The van der Waals surface area contributed by atoms with Crippen molar-refractivity contribution in [3.8, 4) is 11.5 Å². The molecule has 160 valence electrons. The van der Waals surface area contributed by atoms with Crippen molar-refractivity contribution in [2.24, 2.45) is 5.10 Å². The van der Waals surface area contributed by atoms with Crippen molar-refractivity contribution in [1.29, 1.82) is 0 Å². The van der Waals surface area contributed by atoms with Crippen LogP contribution in [-0.4, -0.2) is 25.1 Å². The van der Waals surface area contributed by atoms with Gasteiger partial charge in [0.15, 0.2) is 11.5 Å². The molecule has 2 N–H and O–H groups in total. The number of ether oxygens (including phenoxy) is 2. The van der Waals surface area contributed by atoms with E-state index in [1.54, 1.807) is 42.5 Å². The first-order valence-corrected chi connectivity index (χ1v) is 9.24. The first-order valence-electron chi connectivity index (χ1n) is 9.24. The molecule has 0 fully saturated rings. The van der Waals surface area contributed by atoms with Gasteiger partial charge in [0.1, 0.15) is 18.2 Å². The number of amides is 2. The molecule has 2 aromatic carbocycles. The number of nitrogens with zero attached hydrogens (tertiary/aromatic N) is 1. The maximum atomic E-state index is 13.1. The molecule has 0 saturated heterocycles. The van der Waals surface area contributed by atoms with Crippen LogP contribution in [0.25, 0.3) is 0 Å². The summed E-state index contributed by atoms with van der Waals surface area (Å²) in [6.45, 7) is 0.253. The summed E-state index contributed by atoms with van der Waals surface area (Å²) in [6, 6.07) is 14.4. The number of hydrogen-bond donors (Lipinski definition) is 2. The molecule has 2 amide bonds. The molecule has 0 radical (unpaired) electrons. The predicted octanol–water partition coefficient (Wildman–Crippen LogP) is 2.77. The van der Waals surface area contributed by atoms with Crippen LogP contribution in [0.3, 0.4) is 0 Å². The van der Waals surface area contributed by atoms with Crippen molar-refractivity contribution in [2.45, 2.75) is 13.2 Å². The lowest BCUT2D eigenvalue weighted by Gasteiger charge is -2.13. The topological polar surface area (TPSA) is 102 Å². The first-order chi connectivity index (χ1) is 15.1. The minimum absolute atomic E-state index is 0.0836. The van der Waals surface area contributed by atoms with Gasteiger partial charge >= 0.3 is 11.8 Å². The van der Waals surface area contributed by atoms with Crippen molar-refractivity contribution in [3.63, 3.8) is 0 Å². The smallest absolute Gasteiger partial charge is 0.329 e. The van der Waals surface area contributed by atoms with Crippen LogP contribution in [0.2, 0.25) is 0 Å². The molecular weight excluding hydrogens is 405 g/mol. The number of hydrogen-bond acceptors (Lipinski definition) is 6. The van der Waals surface area contributed by atoms with E-state index < -0.39 is 11.8 Å². The van der Waals surface area contributed by atoms with Crippen molar-refractivity contribution < 1.29 is 27.9 Å². The molecule has 1 aromatic heterocycles. The Balaban J connectivity index is 1.61. The summed E-state index contributed by atoms with van der Waals surface area (Å²) < 4.78 is 29.3. The minimum atomic E-state index is -0.931. The van der Waals surface area contributed by atoms with Gasteiger partial charge < -0.3 is 19.2 Å². The number of halogens is 1. The standard InChI is InChI=1S/C22H20FN3O5/c1-29-19-6-2-4-16(20(19)31-14-15-7-9-17(23)10-8-15)12-25-26-22(28)21(27)24-13-18-5-3-11-30-18/h2-12H,13-14H2,1H3,(H,24,27)(H,26,28)/b25-12-. The van der Waals surface area contributed by atoms with Crippen LogP contribution in [0, 0.1) is 5.82 Å². The second kappa shape index (κ2) is 10.6. The lowest BCUT2D eigenvalue weighted by molar-refractivity contribution is -0.139. The largest absolute Gasteiger partial charge is 0.493 e. The highest BCUT2D eigenvalue weighted by molar-refractivity contribution is 6.35. The average Bonchev–Trinajstić information content (AvgIpc) is 3.31. The van der Waals surface area contributed by atoms with Crippen molar-refractivity contribution in [3.05, 3.63) is 83.6 Å². The van der Waals surface area contributed by atoms with Gasteiger partial charge in [-0.1, -0.05) is 18.2 Å². The molecule has 8 nitrogen and oxygen atoms in total. The Morgan fingerprint density at radius 2 is 1.90 bits per heavy atom. The number of carbonyl (C=O) groups excluding carboxylic acids is 2. The third-order valence-corrected chi connectivity index (χ3v) is 4.10. The number of methoxy groups -OCH3 is 1. The quantitative estimate of drug-likeness (QED) is 0.328. The molecule has 0 aliphatic rings. The number of nitrogens with one attached hydrogen (secondary N) is 2. The summed E-state index contributed by atoms with van der Waals surface area (Å²) in [7, 11) is 1.49. The highest BCUT2D eigenvalue weighted by atomic mass is 19.1. The van der Waals surface area contributed by atoms with Crippen molar-refractivity contribution in [2.75, 3.05) is 7.11 Å². The van der Waals surface area contributed by atoms with E-state index in [0.717, 1.165) is 5.56 Å². The number of carbonyl (C=O) groups is 2. The lowest BCUT2D eigenvalue weighted by Crippen LogP contribution is -2.37. The van der Waals surface area contributed by atoms with E-state index in [4.69, 9.17) is 13.9 Å². The van der Waals surface area contributed by atoms with Gasteiger partial charge in [0, 0.05) is 5.56 Å². The Morgan fingerprint density at radius 3 is 2.61 bits per heavy atom. The number of furan rings is 1. The van der Waals surface area contributed by atoms with Crippen LogP contribution >= 0.6 is 0 Å². The Morgan fingerprint density at radius 1 is 1.10 bits per heavy atom. The summed E-state index contributed by atoms with van der Waals surface area (Å²) in [4.78, 5) is 23.7. The normalized spacial score (nSPS) is 10.6. The molecule has 0 spiro atoms. The van der Waals surface area contributed by atoms with Crippen molar-refractivity contribution >= 4 is 18.0 Å². The van der Waals surface area contributed by atoms with Gasteiger partial charge in [-0.05, 0) is 42.0 Å². The number of benzene rings is 2. The average molecular weight is 425 g/mol. The Kier molecular flexibility index (Phi) is 7.36. The van der Waals surface area contributed by atoms with E-state index >= 15 is 0 Å². The summed E-state index contributed by atoms with van der Waals surface area (Å²) in [5.74, 6) is -0.767. The van der Waals surface area contributed by atoms with Gasteiger partial charge in [-0.25, -0.2) is 9.82 Å². The molecule has 0 bridgehead atoms. The number of para-hydroxylation sites is 1. The minimum Gasteiger partial charge on any atom is -0.493 e. The summed E-state index contributed by atoms with van der Waals surface area (Å²) in [5.41, 5.74) is 3.43. The zero-order chi connectivity index (χ0) is 22.1. The van der Waals surface area contributed by atoms with E-state index in [9.17, 15) is 14.0 Å². The maximum Gasteiger partial charge on any atom is 0.329 e. The van der Waals surface area contributed by atoms with Gasteiger partial charge in [0.25, 0.3) is 0 Å². The number of rotatable bonds is 8. The Bertz CT molecular complexity index is 1050. The molecule has 9 heteroatoms. The van der Waals surface area contributed by atoms with Gasteiger partial charge in [-0.2, -0.15) is 5.10 Å². The summed E-state index contributed by atoms with van der Waals surface area (Å²) >= 11 is 0. The molecule has 0 aliphatic carbocycles. The van der Waals surface area contributed by atoms with E-state index in [2.05, 4.69) is 15.8 Å². The van der Waals surface area contributed by atoms with Crippen LogP contribution in [0.1, 0.15) is 16.9 Å². The van der Waals surface area contributed by atoms with Gasteiger partial charge in [-0.3, -0.25) is 9.59 Å². The molecule has 0 saturated carbocycles. The monoisotopic (exact) mass is 425 g/mol. The van der Waals surface area contributed by atoms with E-state index in [1.807, 2.05) is 0 Å². The summed E-state index contributed by atoms with van der Waals surface area (Å²) in [5, 5.41) is 6.23. The molecule has 3 rings (SSSR count). The highest BCUT2D eigenvalue weighted by Crippen LogP contribution is 2.30. The Hall–Kier alpha value is -4.14. The maximum absolute atomic E-state index is 13.1. The molecule has 0 atom stereocenters. The van der Waals surface area contributed by atoms with Gasteiger partial charge in [-0.15, -0.1) is 0 Å². The first kappa shape index (κ1) is 21.6. The second-order valence-electron chi connectivity index (χ2n) is 6.25. The molecule has 1 heterocycles. The van der Waals surface area contributed by atoms with Crippen LogP contribution in [-0.2, 0) is 22.7 Å². The third kappa shape index (κ3) is 6.17.